The number of rotatable bonds is 1. The van der Waals surface area contributed by atoms with Crippen LogP contribution in [0.15, 0.2) is 0 Å². The SMILES string of the molecule is COC(=O)[C@@]1(C)C[C@H](Cl)CN1. The summed E-state index contributed by atoms with van der Waals surface area (Å²) in [5.41, 5.74) is -0.568. The lowest BCUT2D eigenvalue weighted by Gasteiger charge is -2.20. The zero-order valence-corrected chi connectivity index (χ0v) is 7.44. The van der Waals surface area contributed by atoms with Crippen molar-refractivity contribution in [2.75, 3.05) is 13.7 Å². The molecule has 0 aliphatic carbocycles. The third-order valence-electron chi connectivity index (χ3n) is 1.98. The lowest BCUT2D eigenvalue weighted by molar-refractivity contribution is -0.147. The van der Waals surface area contributed by atoms with Gasteiger partial charge in [-0.25, -0.2) is 0 Å². The van der Waals surface area contributed by atoms with Gasteiger partial charge in [0.25, 0.3) is 0 Å². The van der Waals surface area contributed by atoms with Gasteiger partial charge in [0.2, 0.25) is 0 Å². The minimum Gasteiger partial charge on any atom is -0.468 e. The number of hydrogen-bond donors (Lipinski definition) is 1. The average molecular weight is 178 g/mol. The van der Waals surface area contributed by atoms with Crippen LogP contribution >= 0.6 is 11.6 Å². The Bertz CT molecular complexity index is 174. The molecule has 1 heterocycles. The number of carbonyl (C=O) groups excluding carboxylic acids is 1. The molecular weight excluding hydrogens is 166 g/mol. The normalized spacial score (nSPS) is 37.2. The average Bonchev–Trinajstić information content (AvgIpc) is 2.31. The van der Waals surface area contributed by atoms with E-state index in [4.69, 9.17) is 11.6 Å². The number of nitrogens with one attached hydrogen (secondary N) is 1. The van der Waals surface area contributed by atoms with Crippen LogP contribution in [0.2, 0.25) is 0 Å². The van der Waals surface area contributed by atoms with Crippen molar-refractivity contribution in [2.45, 2.75) is 24.3 Å². The molecule has 0 amide bonds. The van der Waals surface area contributed by atoms with E-state index < -0.39 is 5.54 Å². The Hall–Kier alpha value is -0.280. The maximum absolute atomic E-state index is 11.1. The molecule has 0 unspecified atom stereocenters. The summed E-state index contributed by atoms with van der Waals surface area (Å²) in [6, 6.07) is 0. The van der Waals surface area contributed by atoms with Gasteiger partial charge < -0.3 is 10.1 Å². The lowest BCUT2D eigenvalue weighted by atomic mass is 10.0. The van der Waals surface area contributed by atoms with Crippen LogP contribution in [0.4, 0.5) is 0 Å². The van der Waals surface area contributed by atoms with Gasteiger partial charge in [0, 0.05) is 11.9 Å². The summed E-state index contributed by atoms with van der Waals surface area (Å²) < 4.78 is 4.63. The smallest absolute Gasteiger partial charge is 0.325 e. The van der Waals surface area contributed by atoms with Gasteiger partial charge in [0.1, 0.15) is 5.54 Å². The summed E-state index contributed by atoms with van der Waals surface area (Å²) in [5.74, 6) is -0.236. The molecule has 2 atom stereocenters. The van der Waals surface area contributed by atoms with Crippen LogP contribution < -0.4 is 5.32 Å². The van der Waals surface area contributed by atoms with Gasteiger partial charge in [-0.1, -0.05) is 0 Å². The number of methoxy groups -OCH3 is 1. The quantitative estimate of drug-likeness (QED) is 0.469. The lowest BCUT2D eigenvalue weighted by Crippen LogP contribution is -2.45. The first-order chi connectivity index (χ1) is 5.08. The summed E-state index contributed by atoms with van der Waals surface area (Å²) in [7, 11) is 1.39. The number of esters is 1. The van der Waals surface area contributed by atoms with Crippen LogP contribution in [0.3, 0.4) is 0 Å². The topological polar surface area (TPSA) is 38.3 Å². The Balaban J connectivity index is 2.61. The van der Waals surface area contributed by atoms with Gasteiger partial charge in [0.05, 0.1) is 7.11 Å². The van der Waals surface area contributed by atoms with Crippen molar-refractivity contribution in [2.24, 2.45) is 0 Å². The van der Waals surface area contributed by atoms with E-state index in [-0.39, 0.29) is 11.3 Å². The van der Waals surface area contributed by atoms with Crippen molar-refractivity contribution in [3.8, 4) is 0 Å². The van der Waals surface area contributed by atoms with Crippen molar-refractivity contribution in [3.63, 3.8) is 0 Å². The van der Waals surface area contributed by atoms with Gasteiger partial charge in [-0.15, -0.1) is 11.6 Å². The number of ether oxygens (including phenoxy) is 1. The minimum atomic E-state index is -0.568. The van der Waals surface area contributed by atoms with Gasteiger partial charge in [0.15, 0.2) is 0 Å². The molecule has 1 fully saturated rings. The number of halogens is 1. The second-order valence-electron chi connectivity index (χ2n) is 3.01. The molecule has 64 valence electrons. The Morgan fingerprint density at radius 1 is 1.82 bits per heavy atom. The molecule has 1 aliphatic heterocycles. The van der Waals surface area contributed by atoms with E-state index in [2.05, 4.69) is 10.1 Å². The summed E-state index contributed by atoms with van der Waals surface area (Å²) in [6.07, 6.45) is 0.640. The minimum absolute atomic E-state index is 0.0408. The molecule has 0 spiro atoms. The maximum atomic E-state index is 11.1. The molecule has 4 heteroatoms. The Kier molecular flexibility index (Phi) is 2.40. The number of alkyl halides is 1. The predicted octanol–water partition coefficient (Wildman–Crippen LogP) is 0.519. The van der Waals surface area contributed by atoms with Gasteiger partial charge >= 0.3 is 5.97 Å². The molecule has 11 heavy (non-hydrogen) atoms. The van der Waals surface area contributed by atoms with Gasteiger partial charge in [-0.05, 0) is 13.3 Å². The van der Waals surface area contributed by atoms with Crippen LogP contribution in [0.5, 0.6) is 0 Å². The molecular formula is C7H12ClNO2. The zero-order chi connectivity index (χ0) is 8.48. The molecule has 1 rings (SSSR count). The fraction of sp³-hybridized carbons (Fsp3) is 0.857. The number of hydrogen-bond acceptors (Lipinski definition) is 3. The van der Waals surface area contributed by atoms with Crippen LogP contribution in [0, 0.1) is 0 Å². The van der Waals surface area contributed by atoms with Gasteiger partial charge in [-0.2, -0.15) is 0 Å². The first-order valence-corrected chi connectivity index (χ1v) is 3.99. The molecule has 1 aliphatic rings. The molecule has 3 nitrogen and oxygen atoms in total. The summed E-state index contributed by atoms with van der Waals surface area (Å²) >= 11 is 5.83. The Labute approximate surface area is 71.1 Å². The zero-order valence-electron chi connectivity index (χ0n) is 6.69. The third kappa shape index (κ3) is 1.65. The van der Waals surface area contributed by atoms with E-state index >= 15 is 0 Å². The first-order valence-electron chi connectivity index (χ1n) is 3.56. The van der Waals surface area contributed by atoms with Crippen LogP contribution in [0.25, 0.3) is 0 Å². The largest absolute Gasteiger partial charge is 0.468 e. The second kappa shape index (κ2) is 2.99. The highest BCUT2D eigenvalue weighted by Crippen LogP contribution is 2.23. The predicted molar refractivity (Wildman–Crippen MR) is 42.7 cm³/mol. The van der Waals surface area contributed by atoms with Gasteiger partial charge in [-0.3, -0.25) is 4.79 Å². The first kappa shape index (κ1) is 8.81. The second-order valence-corrected chi connectivity index (χ2v) is 3.62. The Morgan fingerprint density at radius 2 is 2.45 bits per heavy atom. The third-order valence-corrected chi connectivity index (χ3v) is 2.29. The van der Waals surface area contributed by atoms with E-state index in [0.29, 0.717) is 13.0 Å². The van der Waals surface area contributed by atoms with E-state index in [1.165, 1.54) is 7.11 Å². The highest BCUT2D eigenvalue weighted by atomic mass is 35.5. The van der Waals surface area contributed by atoms with E-state index in [9.17, 15) is 4.79 Å². The number of carbonyl (C=O) groups is 1. The molecule has 1 N–H and O–H groups in total. The fourth-order valence-electron chi connectivity index (χ4n) is 1.30. The van der Waals surface area contributed by atoms with Crippen molar-refractivity contribution >= 4 is 17.6 Å². The summed E-state index contributed by atoms with van der Waals surface area (Å²) in [5, 5.41) is 3.07. The van der Waals surface area contributed by atoms with Crippen molar-refractivity contribution in [3.05, 3.63) is 0 Å². The van der Waals surface area contributed by atoms with Crippen molar-refractivity contribution in [1.29, 1.82) is 0 Å². The molecule has 0 aromatic heterocycles. The molecule has 0 saturated carbocycles. The van der Waals surface area contributed by atoms with Crippen molar-refractivity contribution < 1.29 is 9.53 Å². The molecule has 0 aromatic rings. The highest BCUT2D eigenvalue weighted by molar-refractivity contribution is 6.21. The van der Waals surface area contributed by atoms with Crippen LogP contribution in [-0.2, 0) is 9.53 Å². The van der Waals surface area contributed by atoms with E-state index in [1.54, 1.807) is 6.92 Å². The van der Waals surface area contributed by atoms with Crippen LogP contribution in [0.1, 0.15) is 13.3 Å². The maximum Gasteiger partial charge on any atom is 0.325 e. The van der Waals surface area contributed by atoms with E-state index in [1.807, 2.05) is 0 Å². The summed E-state index contributed by atoms with van der Waals surface area (Å²) in [6.45, 7) is 2.48. The Morgan fingerprint density at radius 3 is 2.82 bits per heavy atom. The fourth-order valence-corrected chi connectivity index (χ4v) is 1.69. The standard InChI is InChI=1S/C7H12ClNO2/c1-7(6(10)11-2)3-5(8)4-9-7/h5,9H,3-4H2,1-2H3/t5-,7+/m0/s1. The van der Waals surface area contributed by atoms with Crippen LogP contribution in [-0.4, -0.2) is 30.5 Å². The summed E-state index contributed by atoms with van der Waals surface area (Å²) in [4.78, 5) is 11.1. The highest BCUT2D eigenvalue weighted by Gasteiger charge is 2.41. The molecule has 1 saturated heterocycles. The molecule has 0 radical (unpaired) electrons. The molecule has 0 bridgehead atoms. The molecule has 0 aromatic carbocycles. The monoisotopic (exact) mass is 177 g/mol. The van der Waals surface area contributed by atoms with Crippen molar-refractivity contribution in [1.82, 2.24) is 5.32 Å². The van der Waals surface area contributed by atoms with E-state index in [0.717, 1.165) is 0 Å².